The van der Waals surface area contributed by atoms with Gasteiger partial charge in [-0.05, 0) is 43.7 Å². The smallest absolute Gasteiger partial charge is 0.418 e. The summed E-state index contributed by atoms with van der Waals surface area (Å²) in [5.41, 5.74) is 3.68. The minimum absolute atomic E-state index is 0.0524. The van der Waals surface area contributed by atoms with Gasteiger partial charge in [0, 0.05) is 18.3 Å². The van der Waals surface area contributed by atoms with Gasteiger partial charge in [-0.25, -0.2) is 23.7 Å². The number of aromatic nitrogens is 4. The van der Waals surface area contributed by atoms with Crippen LogP contribution < -0.4 is 15.8 Å². The third kappa shape index (κ3) is 4.52. The molecule has 4 heterocycles. The number of carbonyl (C=O) groups is 2. The predicted molar refractivity (Wildman–Crippen MR) is 131 cm³/mol. The summed E-state index contributed by atoms with van der Waals surface area (Å²) < 4.78 is 68.0. The molecule has 2 aliphatic carbocycles. The Bertz CT molecular complexity index is 1500. The quantitative estimate of drug-likeness (QED) is 0.437. The minimum atomic E-state index is -4.76. The zero-order chi connectivity index (χ0) is 28.4. The number of nitrogens with zero attached hydrogens (tertiary/aromatic N) is 5. The number of nitrogens with two attached hydrogens (primary N) is 1. The maximum absolute atomic E-state index is 14.9. The molecule has 3 aromatic rings. The van der Waals surface area contributed by atoms with Crippen molar-refractivity contribution in [3.8, 4) is 17.1 Å². The SMILES string of the molecule is COc1ncc(-c2cc(C(F)(F)F)c3c(N)ncnn23)cc1C(=O)N[C@@H]1CN(C(=O)OC2(C3CC3)CC2)C[C@@H]1F. The van der Waals surface area contributed by atoms with Gasteiger partial charge in [-0.3, -0.25) is 4.79 Å². The number of likely N-dealkylation sites (tertiary alicyclic amines) is 1. The van der Waals surface area contributed by atoms with E-state index in [-0.39, 0.29) is 41.6 Å². The van der Waals surface area contributed by atoms with Gasteiger partial charge in [0.1, 0.15) is 29.2 Å². The number of hydrogen-bond acceptors (Lipinski definition) is 8. The number of fused-ring (bicyclic) bond motifs is 1. The molecular formula is C25H25F4N7O4. The molecule has 1 aliphatic heterocycles. The Balaban J connectivity index is 1.24. The summed E-state index contributed by atoms with van der Waals surface area (Å²) in [7, 11) is 1.26. The minimum Gasteiger partial charge on any atom is -0.480 e. The van der Waals surface area contributed by atoms with Crippen molar-refractivity contribution in [2.45, 2.75) is 49.7 Å². The fourth-order valence-electron chi connectivity index (χ4n) is 5.27. The second kappa shape index (κ2) is 9.20. The van der Waals surface area contributed by atoms with E-state index in [4.69, 9.17) is 15.2 Å². The number of halogens is 4. The van der Waals surface area contributed by atoms with Crippen molar-refractivity contribution in [2.24, 2.45) is 5.92 Å². The molecule has 2 saturated carbocycles. The summed E-state index contributed by atoms with van der Waals surface area (Å²) in [6, 6.07) is 1.06. The monoisotopic (exact) mass is 563 g/mol. The van der Waals surface area contributed by atoms with E-state index < -0.39 is 47.1 Å². The van der Waals surface area contributed by atoms with Crippen molar-refractivity contribution in [1.29, 1.82) is 0 Å². The largest absolute Gasteiger partial charge is 0.480 e. The molecule has 2 atom stereocenters. The van der Waals surface area contributed by atoms with Gasteiger partial charge in [0.05, 0.1) is 31.0 Å². The van der Waals surface area contributed by atoms with Crippen LogP contribution >= 0.6 is 0 Å². The van der Waals surface area contributed by atoms with E-state index in [9.17, 15) is 27.2 Å². The van der Waals surface area contributed by atoms with Crippen molar-refractivity contribution in [3.63, 3.8) is 0 Å². The van der Waals surface area contributed by atoms with Crippen molar-refractivity contribution in [3.05, 3.63) is 35.8 Å². The summed E-state index contributed by atoms with van der Waals surface area (Å²) in [6.45, 7) is -0.339. The zero-order valence-electron chi connectivity index (χ0n) is 21.2. The highest BCUT2D eigenvalue weighted by molar-refractivity contribution is 5.98. The molecular weight excluding hydrogens is 538 g/mol. The van der Waals surface area contributed by atoms with Gasteiger partial charge in [0.25, 0.3) is 5.91 Å². The predicted octanol–water partition coefficient (Wildman–Crippen LogP) is 3.23. The maximum Gasteiger partial charge on any atom is 0.418 e. The van der Waals surface area contributed by atoms with E-state index in [0.717, 1.165) is 42.6 Å². The Morgan fingerprint density at radius 1 is 1.18 bits per heavy atom. The first kappa shape index (κ1) is 26.1. The highest BCUT2D eigenvalue weighted by Crippen LogP contribution is 2.56. The molecule has 40 heavy (non-hydrogen) atoms. The highest BCUT2D eigenvalue weighted by atomic mass is 19.4. The van der Waals surface area contributed by atoms with E-state index in [1.807, 2.05) is 0 Å². The average molecular weight is 564 g/mol. The number of rotatable bonds is 6. The van der Waals surface area contributed by atoms with E-state index in [1.54, 1.807) is 0 Å². The van der Waals surface area contributed by atoms with Crippen LogP contribution in [0.15, 0.2) is 24.7 Å². The number of alkyl halides is 4. The third-order valence-electron chi connectivity index (χ3n) is 7.65. The van der Waals surface area contributed by atoms with Gasteiger partial charge >= 0.3 is 12.3 Å². The van der Waals surface area contributed by atoms with Gasteiger partial charge in [0.15, 0.2) is 5.82 Å². The van der Waals surface area contributed by atoms with Gasteiger partial charge in [-0.2, -0.15) is 18.3 Å². The molecule has 0 bridgehead atoms. The number of methoxy groups -OCH3 is 1. The standard InChI is InChI=1S/C25H25F4N7O4/c1-39-22-14(6-12(8-31-22)18-7-15(25(27,28)29)19-20(30)32-11-33-36(18)19)21(37)34-17-10-35(9-16(17)26)23(38)40-24(4-5-24)13-2-3-13/h6-8,11,13,16-17H,2-5,9-10H2,1H3,(H,34,37)(H2,30,32,33)/t16-,17+/m0/s1. The summed E-state index contributed by atoms with van der Waals surface area (Å²) in [4.78, 5) is 34.9. The number of hydrogen-bond donors (Lipinski definition) is 2. The summed E-state index contributed by atoms with van der Waals surface area (Å²) in [5, 5.41) is 6.46. The van der Waals surface area contributed by atoms with Crippen LogP contribution in [0.5, 0.6) is 5.88 Å². The zero-order valence-corrected chi connectivity index (χ0v) is 21.2. The normalized spacial score (nSPS) is 21.9. The van der Waals surface area contributed by atoms with Crippen LogP contribution in [-0.2, 0) is 10.9 Å². The van der Waals surface area contributed by atoms with E-state index in [2.05, 4.69) is 20.4 Å². The molecule has 0 unspecified atom stereocenters. The summed E-state index contributed by atoms with van der Waals surface area (Å²) >= 11 is 0. The van der Waals surface area contributed by atoms with Gasteiger partial charge < -0.3 is 25.4 Å². The number of nitrogens with one attached hydrogen (secondary N) is 1. The molecule has 15 heteroatoms. The number of ether oxygens (including phenoxy) is 2. The fraction of sp³-hybridized carbons (Fsp3) is 0.480. The van der Waals surface area contributed by atoms with Gasteiger partial charge in [0.2, 0.25) is 5.88 Å². The Morgan fingerprint density at radius 2 is 1.93 bits per heavy atom. The maximum atomic E-state index is 14.9. The molecule has 212 valence electrons. The topological polar surface area (TPSA) is 137 Å². The van der Waals surface area contributed by atoms with Crippen molar-refractivity contribution in [2.75, 3.05) is 25.9 Å². The van der Waals surface area contributed by atoms with Crippen LogP contribution in [0, 0.1) is 5.92 Å². The molecule has 0 aromatic carbocycles. The first-order valence-electron chi connectivity index (χ1n) is 12.7. The lowest BCUT2D eigenvalue weighted by Crippen LogP contribution is -2.42. The number of carbonyl (C=O) groups excluding carboxylic acids is 2. The van der Waals surface area contributed by atoms with Crippen LogP contribution in [0.25, 0.3) is 16.8 Å². The van der Waals surface area contributed by atoms with Gasteiger partial charge in [-0.15, -0.1) is 0 Å². The molecule has 3 aliphatic rings. The number of anilines is 1. The lowest BCUT2D eigenvalue weighted by molar-refractivity contribution is -0.136. The average Bonchev–Trinajstić information content (AvgIpc) is 3.83. The first-order valence-corrected chi connectivity index (χ1v) is 12.7. The van der Waals surface area contributed by atoms with Crippen LogP contribution in [-0.4, -0.2) is 74.5 Å². The highest BCUT2D eigenvalue weighted by Gasteiger charge is 2.58. The van der Waals surface area contributed by atoms with E-state index in [1.165, 1.54) is 24.3 Å². The lowest BCUT2D eigenvalue weighted by atomic mass is 10.1. The number of pyridine rings is 1. The summed E-state index contributed by atoms with van der Waals surface area (Å²) in [5.74, 6) is -0.916. The second-order valence-corrected chi connectivity index (χ2v) is 10.3. The Labute approximate surface area is 224 Å². The molecule has 3 fully saturated rings. The van der Waals surface area contributed by atoms with E-state index >= 15 is 0 Å². The number of nitrogen functional groups attached to an aromatic ring is 1. The first-order chi connectivity index (χ1) is 19.0. The molecule has 11 nitrogen and oxygen atoms in total. The molecule has 1 saturated heterocycles. The van der Waals surface area contributed by atoms with Crippen molar-refractivity contribution in [1.82, 2.24) is 29.8 Å². The molecule has 3 aromatic heterocycles. The van der Waals surface area contributed by atoms with Crippen LogP contribution in [0.1, 0.15) is 41.6 Å². The second-order valence-electron chi connectivity index (χ2n) is 10.3. The molecule has 0 radical (unpaired) electrons. The fourth-order valence-corrected chi connectivity index (χ4v) is 5.27. The van der Waals surface area contributed by atoms with Crippen LogP contribution in [0.4, 0.5) is 28.2 Å². The molecule has 6 rings (SSSR count). The Morgan fingerprint density at radius 3 is 2.58 bits per heavy atom. The molecule has 3 N–H and O–H groups in total. The third-order valence-corrected chi connectivity index (χ3v) is 7.65. The Hall–Kier alpha value is -4.17. The number of amides is 2. The van der Waals surface area contributed by atoms with Crippen molar-refractivity contribution >= 4 is 23.3 Å². The van der Waals surface area contributed by atoms with Crippen molar-refractivity contribution < 1.29 is 36.6 Å². The molecule has 2 amide bonds. The van der Waals surface area contributed by atoms with Crippen LogP contribution in [0.3, 0.4) is 0 Å². The summed E-state index contributed by atoms with van der Waals surface area (Å²) in [6.07, 6.45) is -1.05. The van der Waals surface area contributed by atoms with E-state index in [0.29, 0.717) is 5.92 Å². The van der Waals surface area contributed by atoms with Crippen LogP contribution in [0.2, 0.25) is 0 Å². The lowest BCUT2D eigenvalue weighted by Gasteiger charge is -2.21. The van der Waals surface area contributed by atoms with Gasteiger partial charge in [-0.1, -0.05) is 0 Å². The Kier molecular flexibility index (Phi) is 6.00. The molecule has 0 spiro atoms.